The summed E-state index contributed by atoms with van der Waals surface area (Å²) in [6, 6.07) is 5.44. The van der Waals surface area contributed by atoms with Gasteiger partial charge in [-0.1, -0.05) is 12.1 Å². The number of likely N-dealkylation sites (N-methyl/N-ethyl adjacent to an activating group) is 1. The zero-order valence-corrected chi connectivity index (χ0v) is 11.7. The van der Waals surface area contributed by atoms with Gasteiger partial charge >= 0.3 is 0 Å². The number of aryl methyl sites for hydroxylation is 1. The number of hydrogen-bond acceptors (Lipinski definition) is 4. The molecule has 0 radical (unpaired) electrons. The van der Waals surface area contributed by atoms with E-state index < -0.39 is 6.10 Å². The fraction of sp³-hybridized carbons (Fsp3) is 0.533. The molecule has 1 unspecified atom stereocenters. The average Bonchev–Trinajstić information content (AvgIpc) is 2.46. The van der Waals surface area contributed by atoms with E-state index in [-0.39, 0.29) is 11.7 Å². The maximum Gasteiger partial charge on any atom is 0.257 e. The Balaban J connectivity index is 1.86. The standard InChI is InChI=1S/C15H20N2O3/c1-16-8-9-20-13(10-16)15(19)17-7-3-5-11-4-2-6-12(18)14(11)17/h2,4,6,13,18H,3,5,7-10H2,1H3. The normalized spacial score (nSPS) is 23.4. The minimum atomic E-state index is -0.431. The zero-order valence-electron chi connectivity index (χ0n) is 11.7. The Hall–Kier alpha value is -1.59. The molecule has 3 rings (SSSR count). The third kappa shape index (κ3) is 2.39. The second kappa shape index (κ2) is 5.42. The molecule has 108 valence electrons. The number of anilines is 1. The van der Waals surface area contributed by atoms with Crippen LogP contribution in [0.15, 0.2) is 18.2 Å². The van der Waals surface area contributed by atoms with Crippen molar-refractivity contribution in [3.63, 3.8) is 0 Å². The zero-order chi connectivity index (χ0) is 14.1. The Morgan fingerprint density at radius 2 is 2.25 bits per heavy atom. The van der Waals surface area contributed by atoms with Gasteiger partial charge < -0.3 is 19.6 Å². The summed E-state index contributed by atoms with van der Waals surface area (Å²) >= 11 is 0. The number of nitrogens with zero attached hydrogens (tertiary/aromatic N) is 2. The average molecular weight is 276 g/mol. The number of morpholine rings is 1. The molecule has 20 heavy (non-hydrogen) atoms. The van der Waals surface area contributed by atoms with Crippen molar-refractivity contribution in [2.45, 2.75) is 18.9 Å². The van der Waals surface area contributed by atoms with E-state index in [1.807, 2.05) is 19.2 Å². The fourth-order valence-electron chi connectivity index (χ4n) is 2.95. The predicted molar refractivity (Wildman–Crippen MR) is 76.0 cm³/mol. The molecule has 1 aromatic carbocycles. The molecule has 0 aliphatic carbocycles. The molecule has 2 aliphatic heterocycles. The van der Waals surface area contributed by atoms with Crippen molar-refractivity contribution in [1.29, 1.82) is 0 Å². The van der Waals surface area contributed by atoms with Crippen LogP contribution < -0.4 is 4.90 Å². The van der Waals surface area contributed by atoms with Crippen molar-refractivity contribution in [3.05, 3.63) is 23.8 Å². The maximum absolute atomic E-state index is 12.7. The molecule has 2 aliphatic rings. The molecule has 5 heteroatoms. The van der Waals surface area contributed by atoms with E-state index in [0.29, 0.717) is 25.4 Å². The minimum Gasteiger partial charge on any atom is -0.506 e. The number of ether oxygens (including phenoxy) is 1. The summed E-state index contributed by atoms with van der Waals surface area (Å²) in [5.74, 6) is 0.138. The van der Waals surface area contributed by atoms with E-state index in [1.165, 1.54) is 0 Å². The monoisotopic (exact) mass is 276 g/mol. The number of fused-ring (bicyclic) bond motifs is 1. The molecule has 0 spiro atoms. The number of carbonyl (C=O) groups is 1. The summed E-state index contributed by atoms with van der Waals surface area (Å²) in [5.41, 5.74) is 1.70. The van der Waals surface area contributed by atoms with Crippen molar-refractivity contribution >= 4 is 11.6 Å². The predicted octanol–water partition coefficient (Wildman–Crippen LogP) is 1.00. The van der Waals surface area contributed by atoms with E-state index in [2.05, 4.69) is 4.90 Å². The van der Waals surface area contributed by atoms with Gasteiger partial charge in [0.1, 0.15) is 11.9 Å². The van der Waals surface area contributed by atoms with E-state index >= 15 is 0 Å². The van der Waals surface area contributed by atoms with Gasteiger partial charge in [0, 0.05) is 19.6 Å². The van der Waals surface area contributed by atoms with Gasteiger partial charge in [-0.15, -0.1) is 0 Å². The SMILES string of the molecule is CN1CCOC(C(=O)N2CCCc3cccc(O)c32)C1. The first-order valence-electron chi connectivity index (χ1n) is 7.09. The number of para-hydroxylation sites is 1. The Morgan fingerprint density at radius 3 is 3.05 bits per heavy atom. The first-order chi connectivity index (χ1) is 9.66. The van der Waals surface area contributed by atoms with Crippen molar-refractivity contribution in [2.24, 2.45) is 0 Å². The number of benzene rings is 1. The van der Waals surface area contributed by atoms with Gasteiger partial charge in [-0.3, -0.25) is 4.79 Å². The molecule has 5 nitrogen and oxygen atoms in total. The lowest BCUT2D eigenvalue weighted by atomic mass is 10.00. The Bertz CT molecular complexity index is 518. The molecular weight excluding hydrogens is 256 g/mol. The third-order valence-corrected chi connectivity index (χ3v) is 4.01. The number of phenols is 1. The van der Waals surface area contributed by atoms with Crippen LogP contribution in [0, 0.1) is 0 Å². The number of aromatic hydroxyl groups is 1. The van der Waals surface area contributed by atoms with Gasteiger partial charge in [-0.25, -0.2) is 0 Å². The summed E-state index contributed by atoms with van der Waals surface area (Å²) in [4.78, 5) is 16.5. The minimum absolute atomic E-state index is 0.0426. The molecule has 0 saturated carbocycles. The molecular formula is C15H20N2O3. The van der Waals surface area contributed by atoms with Crippen LogP contribution in [0.25, 0.3) is 0 Å². The summed E-state index contributed by atoms with van der Waals surface area (Å²) < 4.78 is 5.60. The maximum atomic E-state index is 12.7. The highest BCUT2D eigenvalue weighted by Crippen LogP contribution is 2.35. The molecule has 0 bridgehead atoms. The summed E-state index contributed by atoms with van der Waals surface area (Å²) in [6.45, 7) is 2.69. The van der Waals surface area contributed by atoms with Crippen LogP contribution in [0.5, 0.6) is 5.75 Å². The van der Waals surface area contributed by atoms with Gasteiger partial charge in [0.2, 0.25) is 0 Å². The van der Waals surface area contributed by atoms with E-state index in [0.717, 1.165) is 24.9 Å². The number of hydrogen-bond donors (Lipinski definition) is 1. The van der Waals surface area contributed by atoms with Crippen molar-refractivity contribution in [2.75, 3.05) is 38.2 Å². The van der Waals surface area contributed by atoms with Crippen LogP contribution in [-0.4, -0.2) is 55.3 Å². The molecule has 1 atom stereocenters. The molecule has 1 N–H and O–H groups in total. The van der Waals surface area contributed by atoms with Gasteiger partial charge in [-0.05, 0) is 31.5 Å². The molecule has 1 saturated heterocycles. The van der Waals surface area contributed by atoms with Crippen LogP contribution in [0.3, 0.4) is 0 Å². The van der Waals surface area contributed by atoms with E-state index in [4.69, 9.17) is 4.74 Å². The highest BCUT2D eigenvalue weighted by atomic mass is 16.5. The van der Waals surface area contributed by atoms with Crippen molar-refractivity contribution < 1.29 is 14.6 Å². The van der Waals surface area contributed by atoms with Crippen LogP contribution >= 0.6 is 0 Å². The Morgan fingerprint density at radius 1 is 1.40 bits per heavy atom. The lowest BCUT2D eigenvalue weighted by Gasteiger charge is -2.35. The molecule has 1 amide bonds. The molecule has 2 heterocycles. The number of amides is 1. The van der Waals surface area contributed by atoms with Crippen LogP contribution in [-0.2, 0) is 16.0 Å². The van der Waals surface area contributed by atoms with Crippen molar-refractivity contribution in [1.82, 2.24) is 4.90 Å². The van der Waals surface area contributed by atoms with Gasteiger partial charge in [-0.2, -0.15) is 0 Å². The number of rotatable bonds is 1. The highest BCUT2D eigenvalue weighted by Gasteiger charge is 2.33. The van der Waals surface area contributed by atoms with Crippen molar-refractivity contribution in [3.8, 4) is 5.75 Å². The highest BCUT2D eigenvalue weighted by molar-refractivity contribution is 5.99. The third-order valence-electron chi connectivity index (χ3n) is 4.01. The Kier molecular flexibility index (Phi) is 3.63. The lowest BCUT2D eigenvalue weighted by molar-refractivity contribution is -0.135. The summed E-state index contributed by atoms with van der Waals surface area (Å²) in [7, 11) is 1.99. The van der Waals surface area contributed by atoms with Crippen LogP contribution in [0.2, 0.25) is 0 Å². The van der Waals surface area contributed by atoms with Gasteiger partial charge in [0.15, 0.2) is 0 Å². The topological polar surface area (TPSA) is 53.0 Å². The summed E-state index contributed by atoms with van der Waals surface area (Å²) in [6.07, 6.45) is 1.39. The molecule has 1 aromatic rings. The quantitative estimate of drug-likeness (QED) is 0.831. The molecule has 0 aromatic heterocycles. The Labute approximate surface area is 118 Å². The van der Waals surface area contributed by atoms with E-state index in [1.54, 1.807) is 11.0 Å². The lowest BCUT2D eigenvalue weighted by Crippen LogP contribution is -2.51. The fourth-order valence-corrected chi connectivity index (χ4v) is 2.95. The van der Waals surface area contributed by atoms with E-state index in [9.17, 15) is 9.90 Å². The van der Waals surface area contributed by atoms with Gasteiger partial charge in [0.25, 0.3) is 5.91 Å². The largest absolute Gasteiger partial charge is 0.506 e. The van der Waals surface area contributed by atoms with Crippen LogP contribution in [0.4, 0.5) is 5.69 Å². The van der Waals surface area contributed by atoms with Gasteiger partial charge in [0.05, 0.1) is 12.3 Å². The second-order valence-corrected chi connectivity index (χ2v) is 5.50. The first kappa shape index (κ1) is 13.4. The smallest absolute Gasteiger partial charge is 0.257 e. The summed E-state index contributed by atoms with van der Waals surface area (Å²) in [5, 5.41) is 10.1. The van der Waals surface area contributed by atoms with Crippen LogP contribution in [0.1, 0.15) is 12.0 Å². The number of phenolic OH excluding ortho intramolecular Hbond substituents is 1. The second-order valence-electron chi connectivity index (χ2n) is 5.50. The number of carbonyl (C=O) groups excluding carboxylic acids is 1. The first-order valence-corrected chi connectivity index (χ1v) is 7.09. The molecule has 1 fully saturated rings.